The van der Waals surface area contributed by atoms with E-state index in [0.29, 0.717) is 6.54 Å². The fourth-order valence-electron chi connectivity index (χ4n) is 2.38. The minimum absolute atomic E-state index is 0.409. The highest BCUT2D eigenvalue weighted by atomic mass is 16.4. The number of carbonyl (C=O) groups is 1. The van der Waals surface area contributed by atoms with Gasteiger partial charge in [0.05, 0.1) is 0 Å². The van der Waals surface area contributed by atoms with Gasteiger partial charge in [-0.3, -0.25) is 4.79 Å². The Labute approximate surface area is 104 Å². The van der Waals surface area contributed by atoms with E-state index in [2.05, 4.69) is 24.1 Å². The van der Waals surface area contributed by atoms with E-state index in [-0.39, 0.29) is 0 Å². The quantitative estimate of drug-likeness (QED) is 0.711. The number of hydrogen-bond acceptors (Lipinski definition) is 3. The first-order valence-electron chi connectivity index (χ1n) is 6.85. The number of piperidine rings is 1. The van der Waals surface area contributed by atoms with Crippen molar-refractivity contribution < 1.29 is 9.90 Å². The number of rotatable bonds is 7. The number of carboxylic acids is 1. The summed E-state index contributed by atoms with van der Waals surface area (Å²) in [7, 11) is 0. The maximum Gasteiger partial charge on any atom is 0.322 e. The van der Waals surface area contributed by atoms with Gasteiger partial charge in [0.2, 0.25) is 0 Å². The molecule has 0 aromatic carbocycles. The molecule has 1 saturated heterocycles. The monoisotopic (exact) mass is 242 g/mol. The fourth-order valence-corrected chi connectivity index (χ4v) is 2.38. The Hall–Kier alpha value is -0.610. The van der Waals surface area contributed by atoms with E-state index in [1.54, 1.807) is 0 Å². The molecule has 4 nitrogen and oxygen atoms in total. The van der Waals surface area contributed by atoms with Gasteiger partial charge in [0, 0.05) is 6.54 Å². The smallest absolute Gasteiger partial charge is 0.322 e. The van der Waals surface area contributed by atoms with Gasteiger partial charge in [0.25, 0.3) is 0 Å². The first kappa shape index (κ1) is 14.5. The van der Waals surface area contributed by atoms with E-state index in [4.69, 9.17) is 5.11 Å². The second-order valence-corrected chi connectivity index (χ2v) is 5.00. The molecule has 1 unspecified atom stereocenters. The molecule has 1 atom stereocenters. The molecule has 0 radical (unpaired) electrons. The Morgan fingerprint density at radius 1 is 1.41 bits per heavy atom. The average Bonchev–Trinajstić information content (AvgIpc) is 2.35. The van der Waals surface area contributed by atoms with E-state index in [0.717, 1.165) is 32.0 Å². The van der Waals surface area contributed by atoms with E-state index >= 15 is 0 Å². The first-order valence-corrected chi connectivity index (χ1v) is 6.85. The van der Waals surface area contributed by atoms with E-state index in [1.165, 1.54) is 19.3 Å². The summed E-state index contributed by atoms with van der Waals surface area (Å²) >= 11 is 0. The molecular formula is C13H26N2O2. The summed E-state index contributed by atoms with van der Waals surface area (Å²) in [4.78, 5) is 13.4. The third-order valence-corrected chi connectivity index (χ3v) is 3.66. The number of aliphatic carboxylic acids is 1. The van der Waals surface area contributed by atoms with Crippen LogP contribution in [0.15, 0.2) is 0 Å². The van der Waals surface area contributed by atoms with Crippen molar-refractivity contribution >= 4 is 5.97 Å². The van der Waals surface area contributed by atoms with Crippen molar-refractivity contribution in [1.29, 1.82) is 0 Å². The van der Waals surface area contributed by atoms with Crippen LogP contribution in [0.2, 0.25) is 0 Å². The number of hydrogen-bond donors (Lipinski definition) is 2. The molecule has 100 valence electrons. The van der Waals surface area contributed by atoms with Gasteiger partial charge in [-0.05, 0) is 44.8 Å². The number of nitrogens with one attached hydrogen (secondary N) is 1. The molecule has 17 heavy (non-hydrogen) atoms. The Kier molecular flexibility index (Phi) is 6.52. The summed E-state index contributed by atoms with van der Waals surface area (Å²) < 4.78 is 0. The molecule has 4 heteroatoms. The van der Waals surface area contributed by atoms with Gasteiger partial charge in [0.1, 0.15) is 6.04 Å². The number of carboxylic acid groups (broad SMARTS) is 1. The van der Waals surface area contributed by atoms with Gasteiger partial charge in [-0.2, -0.15) is 0 Å². The summed E-state index contributed by atoms with van der Waals surface area (Å²) in [5.41, 5.74) is 0. The minimum Gasteiger partial charge on any atom is -0.480 e. The summed E-state index contributed by atoms with van der Waals surface area (Å²) in [6, 6.07) is -0.409. The standard InChI is InChI=1S/C13H26N2O2/c1-3-7-14-12(13(16)17)10-15-8-5-11(4-2)6-9-15/h11-12,14H,3-10H2,1-2H3,(H,16,17). The van der Waals surface area contributed by atoms with Crippen LogP contribution >= 0.6 is 0 Å². The molecule has 0 amide bonds. The van der Waals surface area contributed by atoms with E-state index in [1.807, 2.05) is 0 Å². The molecule has 0 aromatic rings. The van der Waals surface area contributed by atoms with Gasteiger partial charge in [0.15, 0.2) is 0 Å². The van der Waals surface area contributed by atoms with Gasteiger partial charge < -0.3 is 15.3 Å². The third kappa shape index (κ3) is 5.04. The average molecular weight is 242 g/mol. The minimum atomic E-state index is -0.726. The molecule has 0 saturated carbocycles. The van der Waals surface area contributed by atoms with Crippen LogP contribution in [0.1, 0.15) is 39.5 Å². The Morgan fingerprint density at radius 2 is 2.06 bits per heavy atom. The second-order valence-electron chi connectivity index (χ2n) is 5.00. The van der Waals surface area contributed by atoms with Crippen LogP contribution < -0.4 is 5.32 Å². The molecular weight excluding hydrogens is 216 g/mol. The molecule has 1 aliphatic heterocycles. The highest BCUT2D eigenvalue weighted by Gasteiger charge is 2.23. The second kappa shape index (κ2) is 7.67. The summed E-state index contributed by atoms with van der Waals surface area (Å²) in [6.07, 6.45) is 4.67. The van der Waals surface area contributed by atoms with Crippen LogP contribution in [0.5, 0.6) is 0 Å². The normalized spacial score (nSPS) is 20.4. The van der Waals surface area contributed by atoms with E-state index < -0.39 is 12.0 Å². The predicted molar refractivity (Wildman–Crippen MR) is 69.2 cm³/mol. The lowest BCUT2D eigenvalue weighted by Gasteiger charge is -2.33. The highest BCUT2D eigenvalue weighted by Crippen LogP contribution is 2.19. The lowest BCUT2D eigenvalue weighted by Crippen LogP contribution is -2.48. The van der Waals surface area contributed by atoms with Crippen LogP contribution in [-0.4, -0.2) is 48.2 Å². The van der Waals surface area contributed by atoms with Crippen LogP contribution in [0.3, 0.4) is 0 Å². The molecule has 0 aliphatic carbocycles. The lowest BCUT2D eigenvalue weighted by molar-refractivity contribution is -0.140. The third-order valence-electron chi connectivity index (χ3n) is 3.66. The number of likely N-dealkylation sites (tertiary alicyclic amines) is 1. The molecule has 0 spiro atoms. The molecule has 1 rings (SSSR count). The maximum atomic E-state index is 11.1. The molecule has 1 fully saturated rings. The van der Waals surface area contributed by atoms with Crippen LogP contribution in [0.25, 0.3) is 0 Å². The SMILES string of the molecule is CCCNC(CN1CCC(CC)CC1)C(=O)O. The Bertz CT molecular complexity index is 225. The zero-order chi connectivity index (χ0) is 12.7. The Balaban J connectivity index is 2.32. The van der Waals surface area contributed by atoms with Crippen LogP contribution in [0.4, 0.5) is 0 Å². The molecule has 1 heterocycles. The van der Waals surface area contributed by atoms with Crippen LogP contribution in [-0.2, 0) is 4.79 Å². The van der Waals surface area contributed by atoms with Gasteiger partial charge >= 0.3 is 5.97 Å². The largest absolute Gasteiger partial charge is 0.480 e. The van der Waals surface area contributed by atoms with Crippen molar-refractivity contribution in [2.24, 2.45) is 5.92 Å². The highest BCUT2D eigenvalue weighted by molar-refractivity contribution is 5.73. The lowest BCUT2D eigenvalue weighted by atomic mass is 9.94. The maximum absolute atomic E-state index is 11.1. The van der Waals surface area contributed by atoms with Crippen molar-refractivity contribution in [2.45, 2.75) is 45.6 Å². The van der Waals surface area contributed by atoms with Gasteiger partial charge in [-0.1, -0.05) is 20.3 Å². The first-order chi connectivity index (χ1) is 8.17. The van der Waals surface area contributed by atoms with E-state index in [9.17, 15) is 4.79 Å². The zero-order valence-corrected chi connectivity index (χ0v) is 11.1. The molecule has 1 aliphatic rings. The van der Waals surface area contributed by atoms with Crippen molar-refractivity contribution in [3.63, 3.8) is 0 Å². The topological polar surface area (TPSA) is 52.6 Å². The molecule has 0 aromatic heterocycles. The predicted octanol–water partition coefficient (Wildman–Crippen LogP) is 1.56. The van der Waals surface area contributed by atoms with Crippen molar-refractivity contribution in [3.8, 4) is 0 Å². The van der Waals surface area contributed by atoms with Gasteiger partial charge in [-0.25, -0.2) is 0 Å². The number of nitrogens with zero attached hydrogens (tertiary/aromatic N) is 1. The fraction of sp³-hybridized carbons (Fsp3) is 0.923. The van der Waals surface area contributed by atoms with Gasteiger partial charge in [-0.15, -0.1) is 0 Å². The molecule has 2 N–H and O–H groups in total. The summed E-state index contributed by atoms with van der Waals surface area (Å²) in [5, 5.41) is 12.2. The van der Waals surface area contributed by atoms with Crippen molar-refractivity contribution in [1.82, 2.24) is 10.2 Å². The van der Waals surface area contributed by atoms with Crippen molar-refractivity contribution in [2.75, 3.05) is 26.2 Å². The Morgan fingerprint density at radius 3 is 2.53 bits per heavy atom. The van der Waals surface area contributed by atoms with Crippen molar-refractivity contribution in [3.05, 3.63) is 0 Å². The summed E-state index contributed by atoms with van der Waals surface area (Å²) in [6.45, 7) is 7.82. The summed E-state index contributed by atoms with van der Waals surface area (Å²) in [5.74, 6) is 0.120. The zero-order valence-electron chi connectivity index (χ0n) is 11.1. The molecule has 0 bridgehead atoms. The van der Waals surface area contributed by atoms with Crippen LogP contribution in [0, 0.1) is 5.92 Å².